The number of hydrogen-bond donors (Lipinski definition) is 1. The van der Waals surface area contributed by atoms with Gasteiger partial charge in [-0.25, -0.2) is 0 Å². The first-order valence-corrected chi connectivity index (χ1v) is 3.37. The largest absolute Gasteiger partial charge is 0.396 e. The Kier molecular flexibility index (Phi) is 5.97. The smallest absolute Gasteiger partial charge is 0.135 e. The van der Waals surface area contributed by atoms with Gasteiger partial charge in [-0.05, 0) is 6.42 Å². The molecule has 0 bridgehead atoms. The van der Waals surface area contributed by atoms with Gasteiger partial charge in [-0.1, -0.05) is 0 Å². The summed E-state index contributed by atoms with van der Waals surface area (Å²) in [4.78, 5) is 20.4. The maximum Gasteiger partial charge on any atom is 0.135 e. The lowest BCUT2D eigenvalue weighted by Crippen LogP contribution is -2.00. The lowest BCUT2D eigenvalue weighted by Gasteiger charge is -1.93. The molecule has 0 fully saturated rings. The molecule has 0 amide bonds. The Morgan fingerprint density at radius 3 is 2.60 bits per heavy atom. The summed E-state index contributed by atoms with van der Waals surface area (Å²) in [6, 6.07) is 0. The fourth-order valence-electron chi connectivity index (χ4n) is 0.632. The van der Waals surface area contributed by atoms with Gasteiger partial charge < -0.3 is 9.90 Å². The highest BCUT2D eigenvalue weighted by Crippen LogP contribution is 1.96. The molecule has 58 valence electrons. The summed E-state index contributed by atoms with van der Waals surface area (Å²) in [6.07, 6.45) is 2.49. The highest BCUT2D eigenvalue weighted by atomic mass is 16.3. The molecule has 0 aliphatic heterocycles. The number of Topliss-reactive ketones (excluding diaryl/α,β-unsaturated/α-hetero) is 1. The van der Waals surface area contributed by atoms with Gasteiger partial charge in [-0.15, -0.1) is 0 Å². The molecule has 0 atom stereocenters. The van der Waals surface area contributed by atoms with Gasteiger partial charge in [0.25, 0.3) is 0 Å². The normalized spacial score (nSPS) is 9.30. The van der Waals surface area contributed by atoms with Gasteiger partial charge in [0.1, 0.15) is 12.1 Å². The molecule has 3 nitrogen and oxygen atoms in total. The van der Waals surface area contributed by atoms with Crippen molar-refractivity contribution in [1.82, 2.24) is 0 Å². The highest BCUT2D eigenvalue weighted by Gasteiger charge is 1.98. The molecule has 1 N–H and O–H groups in total. The van der Waals surface area contributed by atoms with Crippen LogP contribution >= 0.6 is 0 Å². The van der Waals surface area contributed by atoms with Gasteiger partial charge in [-0.3, -0.25) is 4.79 Å². The van der Waals surface area contributed by atoms with Crippen molar-refractivity contribution < 1.29 is 14.7 Å². The molecule has 0 spiro atoms. The molecule has 0 aromatic heterocycles. The Morgan fingerprint density at radius 2 is 2.10 bits per heavy atom. The molecular formula is C7H12O3. The van der Waals surface area contributed by atoms with Gasteiger partial charge in [0.15, 0.2) is 0 Å². The van der Waals surface area contributed by atoms with E-state index in [2.05, 4.69) is 0 Å². The molecule has 0 unspecified atom stereocenters. The quantitative estimate of drug-likeness (QED) is 0.431. The average molecular weight is 144 g/mol. The van der Waals surface area contributed by atoms with Crippen molar-refractivity contribution in [1.29, 1.82) is 0 Å². The van der Waals surface area contributed by atoms with Crippen LogP contribution in [-0.4, -0.2) is 23.8 Å². The van der Waals surface area contributed by atoms with E-state index in [-0.39, 0.29) is 18.8 Å². The Bertz CT molecular complexity index is 109. The third-order valence-corrected chi connectivity index (χ3v) is 1.17. The van der Waals surface area contributed by atoms with Crippen molar-refractivity contribution in [2.75, 3.05) is 6.61 Å². The molecule has 0 saturated carbocycles. The van der Waals surface area contributed by atoms with Gasteiger partial charge in [0, 0.05) is 25.9 Å². The van der Waals surface area contributed by atoms with Crippen LogP contribution in [0.1, 0.15) is 25.7 Å². The molecule has 0 aliphatic rings. The first kappa shape index (κ1) is 9.30. The van der Waals surface area contributed by atoms with E-state index < -0.39 is 0 Å². The average Bonchev–Trinajstić information content (AvgIpc) is 1.89. The highest BCUT2D eigenvalue weighted by molar-refractivity contribution is 5.78. The summed E-state index contributed by atoms with van der Waals surface area (Å²) >= 11 is 0. The van der Waals surface area contributed by atoms with Crippen molar-refractivity contribution >= 4 is 12.1 Å². The molecule has 3 heteroatoms. The van der Waals surface area contributed by atoms with Crippen LogP contribution in [0.4, 0.5) is 0 Å². The SMILES string of the molecule is O=CCCCC(=O)CCO. The topological polar surface area (TPSA) is 54.4 Å². The van der Waals surface area contributed by atoms with Crippen molar-refractivity contribution in [3.8, 4) is 0 Å². The summed E-state index contributed by atoms with van der Waals surface area (Å²) in [7, 11) is 0. The Morgan fingerprint density at radius 1 is 1.40 bits per heavy atom. The Balaban J connectivity index is 3.13. The van der Waals surface area contributed by atoms with Crippen molar-refractivity contribution in [3.05, 3.63) is 0 Å². The summed E-state index contributed by atoms with van der Waals surface area (Å²) < 4.78 is 0. The third kappa shape index (κ3) is 5.44. The van der Waals surface area contributed by atoms with Crippen LogP contribution in [-0.2, 0) is 9.59 Å². The van der Waals surface area contributed by atoms with Crippen molar-refractivity contribution in [2.24, 2.45) is 0 Å². The minimum absolute atomic E-state index is 0.0318. The monoisotopic (exact) mass is 144 g/mol. The van der Waals surface area contributed by atoms with E-state index in [9.17, 15) is 9.59 Å². The maximum atomic E-state index is 10.6. The minimum Gasteiger partial charge on any atom is -0.396 e. The summed E-state index contributed by atoms with van der Waals surface area (Å²) in [5.74, 6) is 0.0318. The third-order valence-electron chi connectivity index (χ3n) is 1.17. The molecular weight excluding hydrogens is 132 g/mol. The molecule has 0 radical (unpaired) electrons. The number of carbonyl (C=O) groups excluding carboxylic acids is 2. The zero-order valence-electron chi connectivity index (χ0n) is 5.88. The number of aliphatic hydroxyl groups excluding tert-OH is 1. The van der Waals surface area contributed by atoms with E-state index in [1.165, 1.54) is 0 Å². The second-order valence-electron chi connectivity index (χ2n) is 2.07. The predicted molar refractivity (Wildman–Crippen MR) is 36.6 cm³/mol. The predicted octanol–water partition coefficient (Wildman–Crippen LogP) is 0.307. The van der Waals surface area contributed by atoms with Crippen LogP contribution < -0.4 is 0 Å². The van der Waals surface area contributed by atoms with Crippen molar-refractivity contribution in [3.63, 3.8) is 0 Å². The van der Waals surface area contributed by atoms with E-state index in [4.69, 9.17) is 5.11 Å². The van der Waals surface area contributed by atoms with Crippen LogP contribution in [0.2, 0.25) is 0 Å². The molecule has 0 aromatic rings. The molecule has 0 saturated heterocycles. The van der Waals surface area contributed by atoms with Crippen LogP contribution in [0.25, 0.3) is 0 Å². The van der Waals surface area contributed by atoms with E-state index in [1.54, 1.807) is 0 Å². The second-order valence-corrected chi connectivity index (χ2v) is 2.07. The number of ketones is 1. The fourth-order valence-corrected chi connectivity index (χ4v) is 0.632. The number of unbranched alkanes of at least 4 members (excludes halogenated alkanes) is 1. The first-order valence-electron chi connectivity index (χ1n) is 3.37. The Hall–Kier alpha value is -0.700. The van der Waals surface area contributed by atoms with E-state index in [1.807, 2.05) is 0 Å². The standard InChI is InChI=1S/C7H12O3/c8-5-2-1-3-7(10)4-6-9/h5,9H,1-4,6H2. The first-order chi connectivity index (χ1) is 4.81. The van der Waals surface area contributed by atoms with Gasteiger partial charge in [0.05, 0.1) is 0 Å². The van der Waals surface area contributed by atoms with Crippen LogP contribution in [0.15, 0.2) is 0 Å². The van der Waals surface area contributed by atoms with Crippen LogP contribution in [0.3, 0.4) is 0 Å². The van der Waals surface area contributed by atoms with Gasteiger partial charge in [0.2, 0.25) is 0 Å². The fraction of sp³-hybridized carbons (Fsp3) is 0.714. The van der Waals surface area contributed by atoms with Gasteiger partial charge >= 0.3 is 0 Å². The lowest BCUT2D eigenvalue weighted by atomic mass is 10.1. The maximum absolute atomic E-state index is 10.6. The summed E-state index contributed by atoms with van der Waals surface area (Å²) in [5.41, 5.74) is 0. The number of aliphatic hydroxyl groups is 1. The number of hydrogen-bond acceptors (Lipinski definition) is 3. The van der Waals surface area contributed by atoms with E-state index in [0.717, 1.165) is 6.29 Å². The number of aldehydes is 1. The zero-order chi connectivity index (χ0) is 7.82. The van der Waals surface area contributed by atoms with Crippen LogP contribution in [0, 0.1) is 0 Å². The molecule has 0 rings (SSSR count). The lowest BCUT2D eigenvalue weighted by molar-refractivity contribution is -0.119. The second kappa shape index (κ2) is 6.42. The number of carbonyl (C=O) groups is 2. The molecule has 0 aliphatic carbocycles. The Labute approximate surface area is 60.0 Å². The summed E-state index contributed by atoms with van der Waals surface area (Å²) in [6.45, 7) is -0.0834. The minimum atomic E-state index is -0.0834. The number of rotatable bonds is 6. The molecule has 0 heterocycles. The summed E-state index contributed by atoms with van der Waals surface area (Å²) in [5, 5.41) is 8.30. The van der Waals surface area contributed by atoms with E-state index in [0.29, 0.717) is 19.3 Å². The zero-order valence-corrected chi connectivity index (χ0v) is 5.88. The van der Waals surface area contributed by atoms with E-state index >= 15 is 0 Å². The molecule has 0 aromatic carbocycles. The van der Waals surface area contributed by atoms with Crippen molar-refractivity contribution in [2.45, 2.75) is 25.7 Å². The van der Waals surface area contributed by atoms with Crippen LogP contribution in [0.5, 0.6) is 0 Å². The van der Waals surface area contributed by atoms with Gasteiger partial charge in [-0.2, -0.15) is 0 Å². The molecule has 10 heavy (non-hydrogen) atoms.